The van der Waals surface area contributed by atoms with Crippen LogP contribution in [0, 0.1) is 0 Å². The van der Waals surface area contributed by atoms with Crippen LogP contribution in [0.15, 0.2) is 30.3 Å². The molecule has 1 amide bonds. The zero-order chi connectivity index (χ0) is 16.8. The van der Waals surface area contributed by atoms with Crippen LogP contribution in [0.2, 0.25) is 0 Å². The molecule has 0 aliphatic carbocycles. The molecule has 0 aliphatic heterocycles. The Morgan fingerprint density at radius 1 is 1.23 bits per heavy atom. The summed E-state index contributed by atoms with van der Waals surface area (Å²) in [6.45, 7) is 3.71. The van der Waals surface area contributed by atoms with Crippen molar-refractivity contribution >= 4 is 21.8 Å². The van der Waals surface area contributed by atoms with E-state index >= 15 is 0 Å². The van der Waals surface area contributed by atoms with Gasteiger partial charge < -0.3 is 5.32 Å². The van der Waals surface area contributed by atoms with Crippen molar-refractivity contribution in [2.24, 2.45) is 0 Å². The number of benzene rings is 1. The van der Waals surface area contributed by atoms with Gasteiger partial charge in [0.15, 0.2) is 0 Å². The second-order valence-corrected chi connectivity index (χ2v) is 7.46. The molecule has 1 aromatic rings. The molecule has 0 aliphatic rings. The van der Waals surface area contributed by atoms with Gasteiger partial charge in [0, 0.05) is 20.1 Å². The first kappa shape index (κ1) is 18.4. The summed E-state index contributed by atoms with van der Waals surface area (Å²) in [5, 5.41) is 2.83. The summed E-state index contributed by atoms with van der Waals surface area (Å²) in [5.74, 6) is -0.310. The summed E-state index contributed by atoms with van der Waals surface area (Å²) < 4.78 is 27.1. The van der Waals surface area contributed by atoms with Gasteiger partial charge in [0.25, 0.3) is 0 Å². The number of rotatable bonds is 8. The van der Waals surface area contributed by atoms with Gasteiger partial charge in [-0.3, -0.25) is 4.79 Å². The standard InChI is InChI=1S/C15H25N3O3S/c1-5-9-13(2)16-15(19)12-18(22(20,21)17(3)4)14-10-7-6-8-11-14/h6-8,10-11,13H,5,9,12H2,1-4H3,(H,16,19)/t13-/m0/s1. The van der Waals surface area contributed by atoms with E-state index in [0.717, 1.165) is 21.5 Å². The lowest BCUT2D eigenvalue weighted by atomic mass is 10.2. The molecule has 0 radical (unpaired) electrons. The molecule has 0 aromatic heterocycles. The first-order valence-corrected chi connectivity index (χ1v) is 8.73. The molecule has 6 nitrogen and oxygen atoms in total. The Labute approximate surface area is 133 Å². The van der Waals surface area contributed by atoms with Gasteiger partial charge in [0.1, 0.15) is 6.54 Å². The van der Waals surface area contributed by atoms with Crippen molar-refractivity contribution < 1.29 is 13.2 Å². The average molecular weight is 327 g/mol. The highest BCUT2D eigenvalue weighted by Crippen LogP contribution is 2.18. The maximum atomic E-state index is 12.4. The molecule has 0 saturated heterocycles. The number of amides is 1. The lowest BCUT2D eigenvalue weighted by Crippen LogP contribution is -2.47. The summed E-state index contributed by atoms with van der Waals surface area (Å²) in [4.78, 5) is 12.1. The molecule has 1 atom stereocenters. The molecule has 22 heavy (non-hydrogen) atoms. The number of carbonyl (C=O) groups is 1. The minimum atomic E-state index is -3.73. The van der Waals surface area contributed by atoms with Crippen molar-refractivity contribution in [3.63, 3.8) is 0 Å². The smallest absolute Gasteiger partial charge is 0.304 e. The van der Waals surface area contributed by atoms with E-state index in [0.29, 0.717) is 5.69 Å². The van der Waals surface area contributed by atoms with Gasteiger partial charge in [-0.05, 0) is 25.5 Å². The third kappa shape index (κ3) is 4.99. The zero-order valence-corrected chi connectivity index (χ0v) is 14.4. The molecular formula is C15H25N3O3S. The van der Waals surface area contributed by atoms with Gasteiger partial charge in [0.05, 0.1) is 5.69 Å². The summed E-state index contributed by atoms with van der Waals surface area (Å²) >= 11 is 0. The van der Waals surface area contributed by atoms with Crippen molar-refractivity contribution in [2.45, 2.75) is 32.7 Å². The molecule has 0 saturated carbocycles. The molecule has 0 unspecified atom stereocenters. The number of hydrogen-bond donors (Lipinski definition) is 1. The fourth-order valence-corrected chi connectivity index (χ4v) is 3.12. The minimum Gasteiger partial charge on any atom is -0.352 e. The first-order valence-electron chi connectivity index (χ1n) is 7.33. The number of anilines is 1. The fourth-order valence-electron chi connectivity index (χ4n) is 2.05. The van der Waals surface area contributed by atoms with Crippen molar-refractivity contribution in [1.82, 2.24) is 9.62 Å². The molecule has 1 rings (SSSR count). The monoisotopic (exact) mass is 327 g/mol. The van der Waals surface area contributed by atoms with Crippen molar-refractivity contribution in [1.29, 1.82) is 0 Å². The Balaban J connectivity index is 2.96. The maximum Gasteiger partial charge on any atom is 0.304 e. The van der Waals surface area contributed by atoms with Crippen LogP contribution in [0.3, 0.4) is 0 Å². The lowest BCUT2D eigenvalue weighted by Gasteiger charge is -2.27. The van der Waals surface area contributed by atoms with Crippen LogP contribution in [-0.2, 0) is 15.0 Å². The van der Waals surface area contributed by atoms with Gasteiger partial charge in [0.2, 0.25) is 5.91 Å². The molecule has 124 valence electrons. The van der Waals surface area contributed by atoms with E-state index in [1.807, 2.05) is 13.8 Å². The van der Waals surface area contributed by atoms with Crippen LogP contribution in [0.1, 0.15) is 26.7 Å². The Kier molecular flexibility index (Phi) is 6.83. The van der Waals surface area contributed by atoms with Crippen LogP contribution < -0.4 is 9.62 Å². The van der Waals surface area contributed by atoms with Gasteiger partial charge >= 0.3 is 10.2 Å². The van der Waals surface area contributed by atoms with Crippen LogP contribution >= 0.6 is 0 Å². The van der Waals surface area contributed by atoms with Crippen LogP contribution in [0.5, 0.6) is 0 Å². The van der Waals surface area contributed by atoms with Gasteiger partial charge in [-0.1, -0.05) is 31.5 Å². The highest BCUT2D eigenvalue weighted by atomic mass is 32.2. The van der Waals surface area contributed by atoms with Crippen LogP contribution in [-0.4, -0.2) is 45.3 Å². The van der Waals surface area contributed by atoms with Crippen molar-refractivity contribution in [3.8, 4) is 0 Å². The number of para-hydroxylation sites is 1. The Bertz CT molecular complexity index is 573. The quantitative estimate of drug-likeness (QED) is 0.788. The maximum absolute atomic E-state index is 12.4. The normalized spacial score (nSPS) is 13.0. The lowest BCUT2D eigenvalue weighted by molar-refractivity contribution is -0.120. The van der Waals surface area contributed by atoms with Crippen LogP contribution in [0.4, 0.5) is 5.69 Å². The molecule has 0 bridgehead atoms. The summed E-state index contributed by atoms with van der Waals surface area (Å²) in [5.41, 5.74) is 0.467. The summed E-state index contributed by atoms with van der Waals surface area (Å²) in [7, 11) is -0.835. The number of carbonyl (C=O) groups excluding carboxylic acids is 1. The second-order valence-electron chi connectivity index (χ2n) is 5.39. The van der Waals surface area contributed by atoms with Gasteiger partial charge in [-0.25, -0.2) is 4.31 Å². The highest BCUT2D eigenvalue weighted by Gasteiger charge is 2.27. The molecule has 0 heterocycles. The fraction of sp³-hybridized carbons (Fsp3) is 0.533. The predicted octanol–water partition coefficient (Wildman–Crippen LogP) is 1.60. The molecule has 0 fully saturated rings. The Hall–Kier alpha value is -1.60. The topological polar surface area (TPSA) is 69.7 Å². The van der Waals surface area contributed by atoms with Crippen molar-refractivity contribution in [2.75, 3.05) is 24.9 Å². The summed E-state index contributed by atoms with van der Waals surface area (Å²) in [6, 6.07) is 8.65. The highest BCUT2D eigenvalue weighted by molar-refractivity contribution is 7.90. The zero-order valence-electron chi connectivity index (χ0n) is 13.6. The molecular weight excluding hydrogens is 302 g/mol. The van der Waals surface area contributed by atoms with E-state index in [1.54, 1.807) is 30.3 Å². The average Bonchev–Trinajstić information content (AvgIpc) is 2.45. The van der Waals surface area contributed by atoms with E-state index in [4.69, 9.17) is 0 Å². The third-order valence-corrected chi connectivity index (χ3v) is 5.02. The second kappa shape index (κ2) is 8.14. The molecule has 1 N–H and O–H groups in total. The largest absolute Gasteiger partial charge is 0.352 e. The van der Waals surface area contributed by atoms with E-state index in [-0.39, 0.29) is 18.5 Å². The SMILES string of the molecule is CCC[C@H](C)NC(=O)CN(c1ccccc1)S(=O)(=O)N(C)C. The third-order valence-electron chi connectivity index (χ3n) is 3.20. The minimum absolute atomic E-state index is 0.0252. The van der Waals surface area contributed by atoms with Crippen LogP contribution in [0.25, 0.3) is 0 Å². The van der Waals surface area contributed by atoms with Gasteiger partial charge in [-0.15, -0.1) is 0 Å². The van der Waals surface area contributed by atoms with E-state index in [9.17, 15) is 13.2 Å². The van der Waals surface area contributed by atoms with E-state index < -0.39 is 10.2 Å². The van der Waals surface area contributed by atoms with E-state index in [1.165, 1.54) is 14.1 Å². The Morgan fingerprint density at radius 3 is 2.32 bits per heavy atom. The number of nitrogens with zero attached hydrogens (tertiary/aromatic N) is 2. The van der Waals surface area contributed by atoms with Gasteiger partial charge in [-0.2, -0.15) is 12.7 Å². The van der Waals surface area contributed by atoms with E-state index in [2.05, 4.69) is 5.32 Å². The molecule has 7 heteroatoms. The Morgan fingerprint density at radius 2 is 1.82 bits per heavy atom. The number of nitrogens with one attached hydrogen (secondary N) is 1. The molecule has 0 spiro atoms. The summed E-state index contributed by atoms with van der Waals surface area (Å²) in [6.07, 6.45) is 1.82. The molecule has 1 aromatic carbocycles. The predicted molar refractivity (Wildman–Crippen MR) is 88.9 cm³/mol. The van der Waals surface area contributed by atoms with Crippen molar-refractivity contribution in [3.05, 3.63) is 30.3 Å². The first-order chi connectivity index (χ1) is 10.3. The number of hydrogen-bond acceptors (Lipinski definition) is 3.